The number of halogens is 1. The predicted molar refractivity (Wildman–Crippen MR) is 99.6 cm³/mol. The van der Waals surface area contributed by atoms with Gasteiger partial charge in [0.05, 0.1) is 18.6 Å². The Bertz CT molecular complexity index is 1010. The van der Waals surface area contributed by atoms with Crippen LogP contribution in [0.15, 0.2) is 41.6 Å². The van der Waals surface area contributed by atoms with Gasteiger partial charge in [-0.25, -0.2) is 9.37 Å². The molecule has 27 heavy (non-hydrogen) atoms. The smallest absolute Gasteiger partial charge is 0.264 e. The minimum atomic E-state index is -0.305. The van der Waals surface area contributed by atoms with E-state index in [0.29, 0.717) is 17.5 Å². The van der Waals surface area contributed by atoms with Crippen LogP contribution in [0.3, 0.4) is 0 Å². The zero-order valence-corrected chi connectivity index (χ0v) is 15.6. The van der Waals surface area contributed by atoms with Gasteiger partial charge in [0.2, 0.25) is 5.91 Å². The maximum atomic E-state index is 13.1. The van der Waals surface area contributed by atoms with Crippen molar-refractivity contribution in [2.75, 3.05) is 7.05 Å². The summed E-state index contributed by atoms with van der Waals surface area (Å²) >= 11 is 0. The molecule has 1 amide bonds. The fraction of sp³-hybridized carbons (Fsp3) is 0.368. The van der Waals surface area contributed by atoms with Gasteiger partial charge in [-0.1, -0.05) is 19.1 Å². The average Bonchev–Trinajstić information content (AvgIpc) is 3.04. The molecule has 0 saturated carbocycles. The highest BCUT2D eigenvalue weighted by molar-refractivity contribution is 5.76. The van der Waals surface area contributed by atoms with Gasteiger partial charge in [0.15, 0.2) is 5.65 Å². The van der Waals surface area contributed by atoms with Gasteiger partial charge in [-0.3, -0.25) is 18.8 Å². The van der Waals surface area contributed by atoms with Gasteiger partial charge >= 0.3 is 0 Å². The van der Waals surface area contributed by atoms with Gasteiger partial charge in [-0.2, -0.15) is 5.10 Å². The van der Waals surface area contributed by atoms with Crippen LogP contribution in [0.1, 0.15) is 31.4 Å². The summed E-state index contributed by atoms with van der Waals surface area (Å²) in [5, 5.41) is 4.46. The summed E-state index contributed by atoms with van der Waals surface area (Å²) in [4.78, 5) is 31.0. The summed E-state index contributed by atoms with van der Waals surface area (Å²) in [6.07, 6.45) is 3.80. The van der Waals surface area contributed by atoms with Crippen molar-refractivity contribution in [2.24, 2.45) is 7.05 Å². The molecule has 1 aromatic carbocycles. The molecule has 7 nitrogen and oxygen atoms in total. The first-order chi connectivity index (χ1) is 12.9. The first-order valence-corrected chi connectivity index (χ1v) is 8.80. The van der Waals surface area contributed by atoms with Crippen molar-refractivity contribution in [3.8, 4) is 0 Å². The van der Waals surface area contributed by atoms with E-state index in [4.69, 9.17) is 0 Å². The van der Waals surface area contributed by atoms with E-state index >= 15 is 0 Å². The fourth-order valence-electron chi connectivity index (χ4n) is 3.21. The first kappa shape index (κ1) is 18.8. The Hall–Kier alpha value is -3.03. The van der Waals surface area contributed by atoms with E-state index < -0.39 is 0 Å². The molecule has 2 heterocycles. The van der Waals surface area contributed by atoms with Crippen LogP contribution in [0.4, 0.5) is 4.39 Å². The molecule has 0 radical (unpaired) electrons. The Kier molecular flexibility index (Phi) is 5.34. The first-order valence-electron chi connectivity index (χ1n) is 8.80. The van der Waals surface area contributed by atoms with Crippen LogP contribution in [0.5, 0.6) is 0 Å². The van der Waals surface area contributed by atoms with E-state index in [-0.39, 0.29) is 36.3 Å². The van der Waals surface area contributed by atoms with Crippen molar-refractivity contribution in [1.82, 2.24) is 24.2 Å². The average molecular weight is 371 g/mol. The number of amides is 1. The topological polar surface area (TPSA) is 73.0 Å². The summed E-state index contributed by atoms with van der Waals surface area (Å²) < 4.78 is 16.1. The number of carbonyl (C=O) groups excluding carboxylic acids is 1. The third kappa shape index (κ3) is 3.74. The monoisotopic (exact) mass is 371 g/mol. The molecule has 142 valence electrons. The Morgan fingerprint density at radius 2 is 2.00 bits per heavy atom. The zero-order valence-electron chi connectivity index (χ0n) is 15.6. The molecular weight excluding hydrogens is 349 g/mol. The fourth-order valence-corrected chi connectivity index (χ4v) is 3.21. The van der Waals surface area contributed by atoms with E-state index in [1.54, 1.807) is 31.1 Å². The molecule has 3 rings (SSSR count). The Labute approximate surface area is 156 Å². The lowest BCUT2D eigenvalue weighted by Crippen LogP contribution is -2.32. The standard InChI is InChI=1S/C19H22FN5O2/c1-4-16(13-5-7-14(20)8-6-13)23(2)17(26)9-10-25-12-21-18-15(19(25)27)11-22-24(18)3/h5-8,11-12,16H,4,9-10H2,1-3H3/t16-/m0/s1. The molecule has 0 unspecified atom stereocenters. The molecule has 0 spiro atoms. The number of rotatable bonds is 6. The quantitative estimate of drug-likeness (QED) is 0.666. The predicted octanol–water partition coefficient (Wildman–Crippen LogP) is 2.27. The van der Waals surface area contributed by atoms with Crippen molar-refractivity contribution < 1.29 is 9.18 Å². The molecule has 0 saturated heterocycles. The molecule has 0 fully saturated rings. The number of aryl methyl sites for hydroxylation is 2. The Morgan fingerprint density at radius 3 is 2.67 bits per heavy atom. The SMILES string of the molecule is CC[C@@H](c1ccc(F)cc1)N(C)C(=O)CCn1cnc2c(cnn2C)c1=O. The molecule has 0 aliphatic heterocycles. The number of hydrogen-bond donors (Lipinski definition) is 0. The maximum Gasteiger partial charge on any atom is 0.264 e. The highest BCUT2D eigenvalue weighted by atomic mass is 19.1. The van der Waals surface area contributed by atoms with Gasteiger partial charge in [-0.05, 0) is 24.1 Å². The van der Waals surface area contributed by atoms with Crippen LogP contribution in [0, 0.1) is 5.82 Å². The largest absolute Gasteiger partial charge is 0.339 e. The molecule has 0 aliphatic carbocycles. The van der Waals surface area contributed by atoms with Crippen LogP contribution in [-0.2, 0) is 18.4 Å². The molecule has 2 aromatic heterocycles. The number of fused-ring (bicyclic) bond motifs is 1. The van der Waals surface area contributed by atoms with Crippen LogP contribution >= 0.6 is 0 Å². The van der Waals surface area contributed by atoms with Gasteiger partial charge < -0.3 is 4.90 Å². The van der Waals surface area contributed by atoms with E-state index in [0.717, 1.165) is 5.56 Å². The number of aromatic nitrogens is 4. The van der Waals surface area contributed by atoms with Crippen LogP contribution in [0.2, 0.25) is 0 Å². The highest BCUT2D eigenvalue weighted by Gasteiger charge is 2.20. The summed E-state index contributed by atoms with van der Waals surface area (Å²) in [5.41, 5.74) is 1.18. The normalized spacial score (nSPS) is 12.3. The van der Waals surface area contributed by atoms with E-state index in [1.807, 2.05) is 6.92 Å². The lowest BCUT2D eigenvalue weighted by Gasteiger charge is -2.28. The number of hydrogen-bond acceptors (Lipinski definition) is 4. The second-order valence-electron chi connectivity index (χ2n) is 6.48. The van der Waals surface area contributed by atoms with Crippen LogP contribution in [0.25, 0.3) is 11.0 Å². The molecule has 0 bridgehead atoms. The molecular formula is C19H22FN5O2. The molecule has 3 aromatic rings. The second kappa shape index (κ2) is 7.69. The number of nitrogens with zero attached hydrogens (tertiary/aromatic N) is 5. The van der Waals surface area contributed by atoms with Gasteiger partial charge in [-0.15, -0.1) is 0 Å². The van der Waals surface area contributed by atoms with E-state index in [2.05, 4.69) is 10.1 Å². The third-order valence-corrected chi connectivity index (χ3v) is 4.79. The van der Waals surface area contributed by atoms with Gasteiger partial charge in [0.25, 0.3) is 5.56 Å². The summed E-state index contributed by atoms with van der Waals surface area (Å²) in [6, 6.07) is 6.03. The lowest BCUT2D eigenvalue weighted by molar-refractivity contribution is -0.132. The summed E-state index contributed by atoms with van der Waals surface area (Å²) in [7, 11) is 3.45. The highest BCUT2D eigenvalue weighted by Crippen LogP contribution is 2.23. The number of carbonyl (C=O) groups is 1. The molecule has 0 N–H and O–H groups in total. The number of benzene rings is 1. The van der Waals surface area contributed by atoms with Crippen molar-refractivity contribution in [1.29, 1.82) is 0 Å². The van der Waals surface area contributed by atoms with Crippen molar-refractivity contribution >= 4 is 16.9 Å². The van der Waals surface area contributed by atoms with Gasteiger partial charge in [0, 0.05) is 27.1 Å². The Balaban J connectivity index is 1.72. The minimum Gasteiger partial charge on any atom is -0.339 e. The van der Waals surface area contributed by atoms with Crippen molar-refractivity contribution in [3.05, 3.63) is 58.5 Å². The Morgan fingerprint density at radius 1 is 1.30 bits per heavy atom. The second-order valence-corrected chi connectivity index (χ2v) is 6.48. The van der Waals surface area contributed by atoms with Crippen molar-refractivity contribution in [3.63, 3.8) is 0 Å². The lowest BCUT2D eigenvalue weighted by atomic mass is 10.0. The molecule has 8 heteroatoms. The van der Waals surface area contributed by atoms with Gasteiger partial charge in [0.1, 0.15) is 11.2 Å². The molecule has 0 aliphatic rings. The summed E-state index contributed by atoms with van der Waals surface area (Å²) in [5.74, 6) is -0.399. The van der Waals surface area contributed by atoms with E-state index in [1.165, 1.54) is 33.9 Å². The minimum absolute atomic E-state index is 0.0932. The maximum absolute atomic E-state index is 13.1. The summed E-state index contributed by atoms with van der Waals surface area (Å²) in [6.45, 7) is 2.21. The van der Waals surface area contributed by atoms with E-state index in [9.17, 15) is 14.0 Å². The van der Waals surface area contributed by atoms with Crippen molar-refractivity contribution in [2.45, 2.75) is 32.4 Å². The molecule has 1 atom stereocenters. The van der Waals surface area contributed by atoms with Crippen LogP contribution < -0.4 is 5.56 Å². The third-order valence-electron chi connectivity index (χ3n) is 4.79. The zero-order chi connectivity index (χ0) is 19.6. The van der Waals surface area contributed by atoms with Crippen LogP contribution in [-0.4, -0.2) is 37.2 Å².